The van der Waals surface area contributed by atoms with Crippen LogP contribution < -0.4 is 0 Å². The van der Waals surface area contributed by atoms with Crippen LogP contribution in [0, 0.1) is 0 Å². The van der Waals surface area contributed by atoms with Gasteiger partial charge in [0, 0.05) is 32.0 Å². The van der Waals surface area contributed by atoms with Crippen LogP contribution in [0.15, 0.2) is 24.5 Å². The Kier molecular flexibility index (Phi) is 3.03. The van der Waals surface area contributed by atoms with Crippen molar-refractivity contribution in [3.05, 3.63) is 30.1 Å². The van der Waals surface area contributed by atoms with E-state index in [1.54, 1.807) is 6.20 Å². The SMILES string of the molecule is CC1(O)CCN(CCc2cccnc2)C1. The van der Waals surface area contributed by atoms with Crippen molar-refractivity contribution in [2.24, 2.45) is 0 Å². The molecule has 0 saturated carbocycles. The van der Waals surface area contributed by atoms with Crippen LogP contribution in [-0.4, -0.2) is 40.2 Å². The van der Waals surface area contributed by atoms with Gasteiger partial charge < -0.3 is 10.0 Å². The summed E-state index contributed by atoms with van der Waals surface area (Å²) in [5.74, 6) is 0. The molecule has 1 fully saturated rings. The summed E-state index contributed by atoms with van der Waals surface area (Å²) in [6.07, 6.45) is 5.61. The summed E-state index contributed by atoms with van der Waals surface area (Å²) in [6.45, 7) is 4.74. The maximum Gasteiger partial charge on any atom is 0.0758 e. The lowest BCUT2D eigenvalue weighted by molar-refractivity contribution is 0.0689. The van der Waals surface area contributed by atoms with Crippen LogP contribution in [0.3, 0.4) is 0 Å². The van der Waals surface area contributed by atoms with Gasteiger partial charge in [-0.1, -0.05) is 6.07 Å². The number of rotatable bonds is 3. The van der Waals surface area contributed by atoms with Crippen molar-refractivity contribution in [3.8, 4) is 0 Å². The van der Waals surface area contributed by atoms with Crippen LogP contribution in [0.2, 0.25) is 0 Å². The van der Waals surface area contributed by atoms with Gasteiger partial charge in [-0.3, -0.25) is 4.98 Å². The Morgan fingerprint density at radius 1 is 1.60 bits per heavy atom. The van der Waals surface area contributed by atoms with Crippen molar-refractivity contribution >= 4 is 0 Å². The van der Waals surface area contributed by atoms with Gasteiger partial charge in [0.2, 0.25) is 0 Å². The van der Waals surface area contributed by atoms with Gasteiger partial charge in [0.25, 0.3) is 0 Å². The summed E-state index contributed by atoms with van der Waals surface area (Å²) in [5.41, 5.74) is 0.790. The lowest BCUT2D eigenvalue weighted by Gasteiger charge is -2.18. The lowest BCUT2D eigenvalue weighted by atomic mass is 10.1. The van der Waals surface area contributed by atoms with Gasteiger partial charge in [-0.2, -0.15) is 0 Å². The lowest BCUT2D eigenvalue weighted by Crippen LogP contribution is -2.30. The topological polar surface area (TPSA) is 36.4 Å². The first-order valence-corrected chi connectivity index (χ1v) is 5.49. The molecule has 0 amide bonds. The highest BCUT2D eigenvalue weighted by molar-refractivity contribution is 5.08. The third-order valence-electron chi connectivity index (χ3n) is 2.97. The average Bonchev–Trinajstić information content (AvgIpc) is 2.57. The summed E-state index contributed by atoms with van der Waals surface area (Å²) < 4.78 is 0. The first-order valence-electron chi connectivity index (χ1n) is 5.49. The summed E-state index contributed by atoms with van der Waals surface area (Å²) in [4.78, 5) is 6.40. The van der Waals surface area contributed by atoms with E-state index in [4.69, 9.17) is 0 Å². The smallest absolute Gasteiger partial charge is 0.0758 e. The molecule has 1 aliphatic heterocycles. The fourth-order valence-corrected chi connectivity index (χ4v) is 2.06. The van der Waals surface area contributed by atoms with Gasteiger partial charge >= 0.3 is 0 Å². The molecule has 0 aromatic carbocycles. The molecule has 1 aromatic heterocycles. The first kappa shape index (κ1) is 10.6. The van der Waals surface area contributed by atoms with E-state index >= 15 is 0 Å². The van der Waals surface area contributed by atoms with E-state index in [0.29, 0.717) is 0 Å². The Morgan fingerprint density at radius 3 is 3.07 bits per heavy atom. The second-order valence-corrected chi connectivity index (χ2v) is 4.63. The molecule has 1 aromatic rings. The molecule has 0 aliphatic carbocycles. The minimum absolute atomic E-state index is 0.477. The van der Waals surface area contributed by atoms with E-state index in [9.17, 15) is 5.11 Å². The third kappa shape index (κ3) is 3.01. The molecule has 82 valence electrons. The number of nitrogens with zero attached hydrogens (tertiary/aromatic N) is 2. The van der Waals surface area contributed by atoms with E-state index in [2.05, 4.69) is 16.0 Å². The number of β-amino-alcohol motifs (C(OH)–C–C–N with tert-alkyl or cyclic N) is 1. The van der Waals surface area contributed by atoms with E-state index in [-0.39, 0.29) is 0 Å². The highest BCUT2D eigenvalue weighted by Gasteiger charge is 2.30. The summed E-state index contributed by atoms with van der Waals surface area (Å²) >= 11 is 0. The number of hydrogen-bond acceptors (Lipinski definition) is 3. The van der Waals surface area contributed by atoms with Gasteiger partial charge in [-0.15, -0.1) is 0 Å². The summed E-state index contributed by atoms with van der Waals surface area (Å²) in [6, 6.07) is 4.07. The van der Waals surface area contributed by atoms with E-state index in [1.807, 2.05) is 19.2 Å². The molecule has 15 heavy (non-hydrogen) atoms. The average molecular weight is 206 g/mol. The van der Waals surface area contributed by atoms with Crippen LogP contribution in [0.25, 0.3) is 0 Å². The highest BCUT2D eigenvalue weighted by Crippen LogP contribution is 2.20. The number of aliphatic hydroxyl groups is 1. The zero-order chi connectivity index (χ0) is 10.7. The normalized spacial score (nSPS) is 27.1. The largest absolute Gasteiger partial charge is 0.389 e. The molecule has 2 rings (SSSR count). The monoisotopic (exact) mass is 206 g/mol. The van der Waals surface area contributed by atoms with Crippen LogP contribution in [-0.2, 0) is 6.42 Å². The Bertz CT molecular complexity index is 311. The van der Waals surface area contributed by atoms with E-state index in [1.165, 1.54) is 5.56 Å². The van der Waals surface area contributed by atoms with Crippen LogP contribution in [0.4, 0.5) is 0 Å². The van der Waals surface area contributed by atoms with Gasteiger partial charge in [-0.25, -0.2) is 0 Å². The van der Waals surface area contributed by atoms with Gasteiger partial charge in [0.15, 0.2) is 0 Å². The molecule has 1 atom stereocenters. The maximum atomic E-state index is 9.81. The molecule has 3 nitrogen and oxygen atoms in total. The van der Waals surface area contributed by atoms with Crippen molar-refractivity contribution in [1.82, 2.24) is 9.88 Å². The molecule has 1 unspecified atom stereocenters. The number of likely N-dealkylation sites (tertiary alicyclic amines) is 1. The van der Waals surface area contributed by atoms with Gasteiger partial charge in [0.1, 0.15) is 0 Å². The van der Waals surface area contributed by atoms with Crippen molar-refractivity contribution in [1.29, 1.82) is 0 Å². The van der Waals surface area contributed by atoms with Gasteiger partial charge in [0.05, 0.1) is 5.60 Å². The maximum absolute atomic E-state index is 9.81. The van der Waals surface area contributed by atoms with Gasteiger partial charge in [-0.05, 0) is 31.4 Å². The predicted molar refractivity (Wildman–Crippen MR) is 59.6 cm³/mol. The van der Waals surface area contributed by atoms with E-state index < -0.39 is 5.60 Å². The van der Waals surface area contributed by atoms with Crippen LogP contribution in [0.5, 0.6) is 0 Å². The molecular formula is C12H18N2O. The Morgan fingerprint density at radius 2 is 2.47 bits per heavy atom. The zero-order valence-corrected chi connectivity index (χ0v) is 9.19. The quantitative estimate of drug-likeness (QED) is 0.804. The Labute approximate surface area is 90.8 Å². The molecule has 0 spiro atoms. The Hall–Kier alpha value is -0.930. The van der Waals surface area contributed by atoms with E-state index in [0.717, 1.165) is 32.5 Å². The summed E-state index contributed by atoms with van der Waals surface area (Å²) in [5, 5.41) is 9.81. The van der Waals surface area contributed by atoms with Crippen LogP contribution in [0.1, 0.15) is 18.9 Å². The zero-order valence-electron chi connectivity index (χ0n) is 9.19. The molecule has 0 bridgehead atoms. The second-order valence-electron chi connectivity index (χ2n) is 4.63. The first-order chi connectivity index (χ1) is 7.16. The number of aromatic nitrogens is 1. The van der Waals surface area contributed by atoms with Crippen molar-refractivity contribution in [3.63, 3.8) is 0 Å². The fourth-order valence-electron chi connectivity index (χ4n) is 2.06. The molecule has 1 N–H and O–H groups in total. The number of pyridine rings is 1. The predicted octanol–water partition coefficient (Wildman–Crippen LogP) is 1.08. The highest BCUT2D eigenvalue weighted by atomic mass is 16.3. The molecule has 0 radical (unpaired) electrons. The molecule has 3 heteroatoms. The molecule has 1 saturated heterocycles. The van der Waals surface area contributed by atoms with Crippen molar-refractivity contribution in [2.45, 2.75) is 25.4 Å². The number of hydrogen-bond donors (Lipinski definition) is 1. The fraction of sp³-hybridized carbons (Fsp3) is 0.583. The van der Waals surface area contributed by atoms with Crippen LogP contribution >= 0.6 is 0 Å². The van der Waals surface area contributed by atoms with Crippen molar-refractivity contribution < 1.29 is 5.11 Å². The summed E-state index contributed by atoms with van der Waals surface area (Å²) in [7, 11) is 0. The minimum atomic E-state index is -0.477. The molecular weight excluding hydrogens is 188 g/mol. The Balaban J connectivity index is 1.80. The minimum Gasteiger partial charge on any atom is -0.389 e. The van der Waals surface area contributed by atoms with Crippen molar-refractivity contribution in [2.75, 3.05) is 19.6 Å². The third-order valence-corrected chi connectivity index (χ3v) is 2.97. The molecule has 2 heterocycles. The molecule has 1 aliphatic rings. The standard InChI is InChI=1S/C12H18N2O/c1-12(15)5-8-14(10-12)7-4-11-3-2-6-13-9-11/h2-3,6,9,15H,4-5,7-8,10H2,1H3. The second kappa shape index (κ2) is 4.29.